The molecule has 0 atom stereocenters. The standard InChI is InChI=1S/C11H13N3S/c1-7-3-4-8(10(5-7)15-2)9-6-11(12)14-13-9/h3-6H,1-2H3,(H3,12,13,14). The lowest BCUT2D eigenvalue weighted by Crippen LogP contribution is -1.83. The van der Waals surface area contributed by atoms with Gasteiger partial charge in [0, 0.05) is 16.5 Å². The van der Waals surface area contributed by atoms with Gasteiger partial charge >= 0.3 is 0 Å². The number of anilines is 1. The molecule has 15 heavy (non-hydrogen) atoms. The normalized spacial score (nSPS) is 10.5. The first kappa shape index (κ1) is 10.1. The number of hydrogen-bond donors (Lipinski definition) is 2. The zero-order valence-corrected chi connectivity index (χ0v) is 9.56. The predicted octanol–water partition coefficient (Wildman–Crippen LogP) is 2.69. The number of hydrogen-bond acceptors (Lipinski definition) is 3. The van der Waals surface area contributed by atoms with E-state index >= 15 is 0 Å². The van der Waals surface area contributed by atoms with E-state index in [1.165, 1.54) is 10.5 Å². The fraction of sp³-hybridized carbons (Fsp3) is 0.182. The summed E-state index contributed by atoms with van der Waals surface area (Å²) < 4.78 is 0. The molecule has 0 bridgehead atoms. The van der Waals surface area contributed by atoms with Crippen molar-refractivity contribution in [2.24, 2.45) is 0 Å². The molecule has 0 fully saturated rings. The van der Waals surface area contributed by atoms with Gasteiger partial charge in [0.2, 0.25) is 0 Å². The highest BCUT2D eigenvalue weighted by molar-refractivity contribution is 7.98. The summed E-state index contributed by atoms with van der Waals surface area (Å²) >= 11 is 1.73. The number of nitrogens with zero attached hydrogens (tertiary/aromatic N) is 1. The number of H-pyrrole nitrogens is 1. The fourth-order valence-corrected chi connectivity index (χ4v) is 2.20. The Hall–Kier alpha value is -1.42. The Morgan fingerprint density at radius 1 is 1.33 bits per heavy atom. The number of aromatic amines is 1. The average Bonchev–Trinajstić information content (AvgIpc) is 2.64. The smallest absolute Gasteiger partial charge is 0.145 e. The SMILES string of the molecule is CSc1cc(C)ccc1-c1cc(N)n[nH]1. The van der Waals surface area contributed by atoms with Gasteiger partial charge in [-0.3, -0.25) is 5.10 Å². The highest BCUT2D eigenvalue weighted by atomic mass is 32.2. The van der Waals surface area contributed by atoms with E-state index in [4.69, 9.17) is 5.73 Å². The van der Waals surface area contributed by atoms with Crippen molar-refractivity contribution in [3.8, 4) is 11.3 Å². The van der Waals surface area contributed by atoms with Crippen LogP contribution in [-0.4, -0.2) is 16.5 Å². The Kier molecular flexibility index (Phi) is 2.68. The largest absolute Gasteiger partial charge is 0.382 e. The maximum absolute atomic E-state index is 5.59. The van der Waals surface area contributed by atoms with Gasteiger partial charge in [-0.2, -0.15) is 5.10 Å². The van der Waals surface area contributed by atoms with Crippen molar-refractivity contribution in [2.75, 3.05) is 12.0 Å². The van der Waals surface area contributed by atoms with Crippen molar-refractivity contribution in [1.82, 2.24) is 10.2 Å². The number of aromatic nitrogens is 2. The zero-order chi connectivity index (χ0) is 10.8. The van der Waals surface area contributed by atoms with Gasteiger partial charge in [0.15, 0.2) is 0 Å². The molecular weight excluding hydrogens is 206 g/mol. The fourth-order valence-electron chi connectivity index (χ4n) is 1.50. The van der Waals surface area contributed by atoms with Gasteiger partial charge in [-0.25, -0.2) is 0 Å². The van der Waals surface area contributed by atoms with Gasteiger partial charge < -0.3 is 5.73 Å². The molecule has 3 nitrogen and oxygen atoms in total. The van der Waals surface area contributed by atoms with E-state index < -0.39 is 0 Å². The highest BCUT2D eigenvalue weighted by Crippen LogP contribution is 2.30. The van der Waals surface area contributed by atoms with Crippen LogP contribution in [0.2, 0.25) is 0 Å². The summed E-state index contributed by atoms with van der Waals surface area (Å²) in [6, 6.07) is 8.20. The van der Waals surface area contributed by atoms with Crippen LogP contribution in [0.15, 0.2) is 29.2 Å². The molecule has 0 aliphatic rings. The second kappa shape index (κ2) is 3.98. The number of aryl methyl sites for hydroxylation is 1. The van der Waals surface area contributed by atoms with Crippen LogP contribution in [0.3, 0.4) is 0 Å². The molecule has 0 aliphatic heterocycles. The zero-order valence-electron chi connectivity index (χ0n) is 8.74. The Bertz CT molecular complexity index is 476. The van der Waals surface area contributed by atoms with Crippen LogP contribution in [0, 0.1) is 6.92 Å². The van der Waals surface area contributed by atoms with Gasteiger partial charge in [0.1, 0.15) is 5.82 Å². The van der Waals surface area contributed by atoms with Crippen LogP contribution in [0.1, 0.15) is 5.56 Å². The third-order valence-electron chi connectivity index (χ3n) is 2.24. The van der Waals surface area contributed by atoms with Crippen molar-refractivity contribution >= 4 is 17.6 Å². The van der Waals surface area contributed by atoms with E-state index in [0.29, 0.717) is 5.82 Å². The molecule has 0 unspecified atom stereocenters. The van der Waals surface area contributed by atoms with Gasteiger partial charge in [-0.1, -0.05) is 12.1 Å². The van der Waals surface area contributed by atoms with Crippen molar-refractivity contribution < 1.29 is 0 Å². The summed E-state index contributed by atoms with van der Waals surface area (Å²) in [6.45, 7) is 2.09. The third kappa shape index (κ3) is 1.99. The van der Waals surface area contributed by atoms with E-state index in [9.17, 15) is 0 Å². The Balaban J connectivity index is 2.52. The molecule has 0 radical (unpaired) electrons. The summed E-state index contributed by atoms with van der Waals surface area (Å²) in [5.74, 6) is 0.526. The summed E-state index contributed by atoms with van der Waals surface area (Å²) in [7, 11) is 0. The highest BCUT2D eigenvalue weighted by Gasteiger charge is 2.06. The molecule has 4 heteroatoms. The molecule has 0 amide bonds. The lowest BCUT2D eigenvalue weighted by molar-refractivity contribution is 1.10. The molecule has 3 N–H and O–H groups in total. The van der Waals surface area contributed by atoms with Gasteiger partial charge in [0.05, 0.1) is 5.69 Å². The molecule has 1 heterocycles. The summed E-state index contributed by atoms with van der Waals surface area (Å²) in [6.07, 6.45) is 2.07. The van der Waals surface area contributed by atoms with E-state index in [2.05, 4.69) is 41.6 Å². The van der Waals surface area contributed by atoms with Crippen LogP contribution in [0.5, 0.6) is 0 Å². The number of nitrogens with two attached hydrogens (primary N) is 1. The number of benzene rings is 1. The van der Waals surface area contributed by atoms with Crippen molar-refractivity contribution in [1.29, 1.82) is 0 Å². The number of nitrogen functional groups attached to an aromatic ring is 1. The van der Waals surface area contributed by atoms with Crippen molar-refractivity contribution in [2.45, 2.75) is 11.8 Å². The molecule has 1 aromatic carbocycles. The molecular formula is C11H13N3S. The molecule has 78 valence electrons. The average molecular weight is 219 g/mol. The summed E-state index contributed by atoms with van der Waals surface area (Å²) in [5.41, 5.74) is 8.97. The number of nitrogens with one attached hydrogen (secondary N) is 1. The minimum absolute atomic E-state index is 0.526. The monoisotopic (exact) mass is 219 g/mol. The Morgan fingerprint density at radius 3 is 2.73 bits per heavy atom. The van der Waals surface area contributed by atoms with Crippen LogP contribution < -0.4 is 5.73 Å². The first-order valence-electron chi connectivity index (χ1n) is 4.66. The molecule has 2 rings (SSSR count). The van der Waals surface area contributed by atoms with Crippen LogP contribution in [0.25, 0.3) is 11.3 Å². The maximum atomic E-state index is 5.59. The first-order chi connectivity index (χ1) is 7.20. The quantitative estimate of drug-likeness (QED) is 0.763. The van der Waals surface area contributed by atoms with Gasteiger partial charge in [0.25, 0.3) is 0 Å². The lowest BCUT2D eigenvalue weighted by atomic mass is 10.1. The molecule has 0 saturated carbocycles. The number of rotatable bonds is 2. The Labute approximate surface area is 93.1 Å². The summed E-state index contributed by atoms with van der Waals surface area (Å²) in [5, 5.41) is 6.86. The van der Waals surface area contributed by atoms with Gasteiger partial charge in [-0.05, 0) is 24.8 Å². The van der Waals surface area contributed by atoms with Gasteiger partial charge in [-0.15, -0.1) is 11.8 Å². The summed E-state index contributed by atoms with van der Waals surface area (Å²) in [4.78, 5) is 1.23. The second-order valence-corrected chi connectivity index (χ2v) is 4.26. The van der Waals surface area contributed by atoms with E-state index in [1.807, 2.05) is 6.07 Å². The molecule has 0 spiro atoms. The third-order valence-corrected chi connectivity index (χ3v) is 3.02. The molecule has 2 aromatic rings. The van der Waals surface area contributed by atoms with Crippen LogP contribution in [0.4, 0.5) is 5.82 Å². The molecule has 0 aliphatic carbocycles. The van der Waals surface area contributed by atoms with E-state index in [1.54, 1.807) is 11.8 Å². The van der Waals surface area contributed by atoms with Crippen molar-refractivity contribution in [3.05, 3.63) is 29.8 Å². The van der Waals surface area contributed by atoms with Crippen LogP contribution in [-0.2, 0) is 0 Å². The lowest BCUT2D eigenvalue weighted by Gasteiger charge is -2.05. The first-order valence-corrected chi connectivity index (χ1v) is 5.89. The maximum Gasteiger partial charge on any atom is 0.145 e. The minimum Gasteiger partial charge on any atom is -0.382 e. The van der Waals surface area contributed by atoms with Crippen molar-refractivity contribution in [3.63, 3.8) is 0 Å². The second-order valence-electron chi connectivity index (χ2n) is 3.41. The Morgan fingerprint density at radius 2 is 2.13 bits per heavy atom. The van der Waals surface area contributed by atoms with Crippen LogP contribution >= 0.6 is 11.8 Å². The number of thioether (sulfide) groups is 1. The molecule has 0 saturated heterocycles. The van der Waals surface area contributed by atoms with E-state index in [-0.39, 0.29) is 0 Å². The van der Waals surface area contributed by atoms with E-state index in [0.717, 1.165) is 11.3 Å². The molecule has 1 aromatic heterocycles. The minimum atomic E-state index is 0.526. The predicted molar refractivity (Wildman–Crippen MR) is 65.0 cm³/mol. The topological polar surface area (TPSA) is 54.7 Å².